The number of hydrogen-bond donors (Lipinski definition) is 0. The molecule has 2 aromatic heterocycles. The van der Waals surface area contributed by atoms with E-state index in [1.807, 2.05) is 38.1 Å². The predicted molar refractivity (Wildman–Crippen MR) is 94.3 cm³/mol. The minimum Gasteiger partial charge on any atom is -1.00 e. The summed E-state index contributed by atoms with van der Waals surface area (Å²) >= 11 is 1.78. The molecule has 0 radical (unpaired) electrons. The van der Waals surface area contributed by atoms with Crippen LogP contribution in [0.25, 0.3) is 0 Å². The van der Waals surface area contributed by atoms with Gasteiger partial charge in [0.2, 0.25) is 0 Å². The van der Waals surface area contributed by atoms with E-state index in [0.717, 1.165) is 69.2 Å². The Morgan fingerprint density at radius 3 is 1.54 bits per heavy atom. The molecule has 2 aromatic rings. The molecule has 132 valence electrons. The summed E-state index contributed by atoms with van der Waals surface area (Å²) in [5.74, 6) is 1.78. The van der Waals surface area contributed by atoms with E-state index in [-0.39, 0.29) is 12.4 Å². The molecule has 2 rings (SSSR count). The molecule has 0 bridgehead atoms. The molecule has 0 aromatic carbocycles. The number of aromatic nitrogens is 2. The first-order chi connectivity index (χ1) is 11.1. The number of aryl methyl sites for hydroxylation is 4. The molecule has 0 amide bonds. The first-order valence-corrected chi connectivity index (χ1v) is 9.29. The molecule has 4 nitrogen and oxygen atoms in total. The molecule has 0 N–H and O–H groups in total. The van der Waals surface area contributed by atoms with Gasteiger partial charge in [0.1, 0.15) is 0 Å². The Hall–Kier alpha value is -1.46. The van der Waals surface area contributed by atoms with Crippen LogP contribution in [0.15, 0.2) is 36.7 Å². The van der Waals surface area contributed by atoms with E-state index in [0.29, 0.717) is 0 Å². The zero-order valence-electron chi connectivity index (χ0n) is 14.2. The molecular formula is C18H24ClN2O2S-. The Bertz CT molecular complexity index is 597. The molecule has 0 unspecified atom stereocenters. The van der Waals surface area contributed by atoms with Crippen LogP contribution in [0.2, 0.25) is 0 Å². The van der Waals surface area contributed by atoms with Gasteiger partial charge in [-0.15, -0.1) is 0 Å². The summed E-state index contributed by atoms with van der Waals surface area (Å²) in [6, 6.07) is 7.87. The van der Waals surface area contributed by atoms with Crippen LogP contribution >= 0.6 is 11.8 Å². The highest BCUT2D eigenvalue weighted by atomic mass is 35.5. The van der Waals surface area contributed by atoms with Crippen LogP contribution in [0.4, 0.5) is 0 Å². The van der Waals surface area contributed by atoms with Crippen molar-refractivity contribution >= 4 is 11.8 Å². The molecule has 0 spiro atoms. The Kier molecular flexibility index (Phi) is 8.93. The molecule has 6 heteroatoms. The third-order valence-corrected chi connectivity index (χ3v) is 4.92. The maximum atomic E-state index is 11.9. The highest BCUT2D eigenvalue weighted by Crippen LogP contribution is 2.08. The molecule has 0 atom stereocenters. The number of halogens is 1. The summed E-state index contributed by atoms with van der Waals surface area (Å²) in [4.78, 5) is 0. The van der Waals surface area contributed by atoms with Crippen molar-refractivity contribution in [1.29, 1.82) is 0 Å². The van der Waals surface area contributed by atoms with Gasteiger partial charge in [-0.05, 0) is 25.0 Å². The van der Waals surface area contributed by atoms with Crippen LogP contribution in [0.5, 0.6) is 0 Å². The fraction of sp³-hybridized carbons (Fsp3) is 0.444. The van der Waals surface area contributed by atoms with Crippen LogP contribution in [0.3, 0.4) is 0 Å². The van der Waals surface area contributed by atoms with Crippen molar-refractivity contribution in [3.05, 3.63) is 69.6 Å². The second-order valence-electron chi connectivity index (χ2n) is 5.53. The molecule has 0 aliphatic heterocycles. The summed E-state index contributed by atoms with van der Waals surface area (Å²) in [7, 11) is 0. The summed E-state index contributed by atoms with van der Waals surface area (Å²) in [5, 5.41) is 23.7. The van der Waals surface area contributed by atoms with E-state index in [1.165, 1.54) is 0 Å². The van der Waals surface area contributed by atoms with Gasteiger partial charge >= 0.3 is 0 Å². The average molecular weight is 368 g/mol. The van der Waals surface area contributed by atoms with Gasteiger partial charge < -0.3 is 22.8 Å². The van der Waals surface area contributed by atoms with Crippen LogP contribution in [0.1, 0.15) is 36.4 Å². The number of nitrogens with zero attached hydrogens (tertiary/aromatic N) is 2. The minimum atomic E-state index is 0. The Morgan fingerprint density at radius 2 is 1.21 bits per heavy atom. The lowest BCUT2D eigenvalue weighted by Gasteiger charge is -2.07. The van der Waals surface area contributed by atoms with Gasteiger partial charge in [-0.3, -0.25) is 0 Å². The van der Waals surface area contributed by atoms with Crippen LogP contribution < -0.4 is 21.9 Å². The van der Waals surface area contributed by atoms with Gasteiger partial charge in [0.05, 0.1) is 0 Å². The molecule has 0 aliphatic carbocycles. The molecule has 0 saturated carbocycles. The Morgan fingerprint density at radius 1 is 0.792 bits per heavy atom. The van der Waals surface area contributed by atoms with Gasteiger partial charge in [0, 0.05) is 47.6 Å². The van der Waals surface area contributed by atoms with Gasteiger partial charge in [0.15, 0.2) is 23.8 Å². The normalized spacial score (nSPS) is 10.4. The van der Waals surface area contributed by atoms with E-state index < -0.39 is 0 Å². The fourth-order valence-corrected chi connectivity index (χ4v) is 3.28. The fourth-order valence-electron chi connectivity index (χ4n) is 2.37. The molecule has 2 heterocycles. The summed E-state index contributed by atoms with van der Waals surface area (Å²) < 4.78 is 1.96. The number of rotatable bonds is 8. The lowest BCUT2D eigenvalue weighted by atomic mass is 10.2. The summed E-state index contributed by atoms with van der Waals surface area (Å²) in [6.45, 7) is 4.08. The maximum Gasteiger partial charge on any atom is 0.193 e. The van der Waals surface area contributed by atoms with Crippen molar-refractivity contribution in [3.63, 3.8) is 0 Å². The topological polar surface area (TPSA) is 53.9 Å². The zero-order valence-corrected chi connectivity index (χ0v) is 15.8. The number of hydrogen-bond acceptors (Lipinski definition) is 3. The second kappa shape index (κ2) is 10.4. The average Bonchev–Trinajstić information content (AvgIpc) is 2.56. The number of thioether (sulfide) groups is 1. The third kappa shape index (κ3) is 5.87. The lowest BCUT2D eigenvalue weighted by molar-refractivity contribution is -0.614. The van der Waals surface area contributed by atoms with Crippen molar-refractivity contribution in [3.8, 4) is 0 Å². The van der Waals surface area contributed by atoms with Gasteiger partial charge in [-0.25, -0.2) is 0 Å². The van der Waals surface area contributed by atoms with E-state index in [4.69, 9.17) is 0 Å². The van der Waals surface area contributed by atoms with Gasteiger partial charge in [-0.1, -0.05) is 13.8 Å². The minimum absolute atomic E-state index is 0. The third-order valence-electron chi connectivity index (χ3n) is 3.93. The lowest BCUT2D eigenvalue weighted by Crippen LogP contribution is -3.00. The summed E-state index contributed by atoms with van der Waals surface area (Å²) in [6.07, 6.45) is 6.59. The van der Waals surface area contributed by atoms with Crippen molar-refractivity contribution in [2.75, 3.05) is 11.5 Å². The maximum absolute atomic E-state index is 11.9. The molecule has 24 heavy (non-hydrogen) atoms. The zero-order chi connectivity index (χ0) is 16.7. The number of pyridine rings is 2. The largest absolute Gasteiger partial charge is 1.00 e. The van der Waals surface area contributed by atoms with Crippen LogP contribution in [-0.2, 0) is 25.7 Å². The van der Waals surface area contributed by atoms with Gasteiger partial charge in [-0.2, -0.15) is 21.2 Å². The molecular weight excluding hydrogens is 344 g/mol. The van der Waals surface area contributed by atoms with E-state index in [1.54, 1.807) is 24.2 Å². The monoisotopic (exact) mass is 367 g/mol. The quantitative estimate of drug-likeness (QED) is 0.362. The summed E-state index contributed by atoms with van der Waals surface area (Å²) in [5.41, 5.74) is 3.74. The van der Waals surface area contributed by atoms with Crippen molar-refractivity contribution in [1.82, 2.24) is 0 Å². The van der Waals surface area contributed by atoms with E-state index in [2.05, 4.69) is 0 Å². The predicted octanol–water partition coefficient (Wildman–Crippen LogP) is -0.399. The molecule has 0 saturated heterocycles. The van der Waals surface area contributed by atoms with Crippen molar-refractivity contribution in [2.24, 2.45) is 0 Å². The highest BCUT2D eigenvalue weighted by Gasteiger charge is 2.08. The highest BCUT2D eigenvalue weighted by molar-refractivity contribution is 7.99. The Balaban J connectivity index is 0.00000288. The van der Waals surface area contributed by atoms with Crippen LogP contribution in [0, 0.1) is 10.4 Å². The van der Waals surface area contributed by atoms with Gasteiger partial charge in [0.25, 0.3) is 0 Å². The second-order valence-corrected chi connectivity index (χ2v) is 6.75. The van der Waals surface area contributed by atoms with Crippen molar-refractivity contribution in [2.45, 2.75) is 39.5 Å². The van der Waals surface area contributed by atoms with Crippen LogP contribution in [-0.4, -0.2) is 11.5 Å². The molecule has 0 fully saturated rings. The standard InChI is InChI=1S/C18H24N2O2S.ClH/c1-3-15-5-7-17(19(21)13-15)9-11-23-12-10-18-8-6-16(4-2)14-20(18)22;/h5-8,13-14H,3-4,9-12H2,1-2H3;1H/p-1. The first kappa shape index (κ1) is 20.6. The Labute approximate surface area is 154 Å². The van der Waals surface area contributed by atoms with Crippen molar-refractivity contribution < 1.29 is 21.9 Å². The smallest absolute Gasteiger partial charge is 0.193 e. The first-order valence-electron chi connectivity index (χ1n) is 8.13. The SMILES string of the molecule is CCc1ccc(CCSCCc2ccc(CC)c[n+]2[O-])[n+]([O-])c1.[Cl-]. The molecule has 0 aliphatic rings. The van der Waals surface area contributed by atoms with E-state index in [9.17, 15) is 10.4 Å². The van der Waals surface area contributed by atoms with E-state index >= 15 is 0 Å².